The van der Waals surface area contributed by atoms with Crippen LogP contribution in [-0.2, 0) is 20.9 Å². The molecule has 0 fully saturated rings. The van der Waals surface area contributed by atoms with Gasteiger partial charge in [0.15, 0.2) is 0 Å². The summed E-state index contributed by atoms with van der Waals surface area (Å²) in [5.41, 5.74) is 1.90. The van der Waals surface area contributed by atoms with Crippen molar-refractivity contribution in [2.45, 2.75) is 39.8 Å². The molecule has 0 saturated heterocycles. The highest BCUT2D eigenvalue weighted by molar-refractivity contribution is 7.71. The summed E-state index contributed by atoms with van der Waals surface area (Å²) in [7, 11) is 0. The minimum atomic E-state index is -0.556. The minimum absolute atomic E-state index is 0.0946. The molecule has 0 aliphatic carbocycles. The Bertz CT molecular complexity index is 512. The maximum Gasteiger partial charge on any atom is 0.328 e. The molecule has 0 unspecified atom stereocenters. The van der Waals surface area contributed by atoms with Crippen molar-refractivity contribution in [2.24, 2.45) is 0 Å². The maximum absolute atomic E-state index is 11.6. The molecular formula is C10H16N4O3S. The fraction of sp³-hybridized carbons (Fsp3) is 0.600. The quantitative estimate of drug-likeness (QED) is 0.652. The average molecular weight is 272 g/mol. The summed E-state index contributed by atoms with van der Waals surface area (Å²) in [6.45, 7) is 6.59. The summed E-state index contributed by atoms with van der Waals surface area (Å²) < 4.78 is 7.91. The number of hydrogen-bond donors (Lipinski definition) is 1. The smallest absolute Gasteiger partial charge is 0.328 e. The maximum atomic E-state index is 11.6. The zero-order chi connectivity index (χ0) is 13.9. The Labute approximate surface area is 110 Å². The summed E-state index contributed by atoms with van der Waals surface area (Å²) in [6.07, 6.45) is 1.33. The van der Waals surface area contributed by atoms with Gasteiger partial charge in [0, 0.05) is 6.92 Å². The molecule has 1 aromatic rings. The van der Waals surface area contributed by atoms with Crippen LogP contribution in [0.3, 0.4) is 0 Å². The van der Waals surface area contributed by atoms with E-state index in [4.69, 9.17) is 17.0 Å². The van der Waals surface area contributed by atoms with Gasteiger partial charge in [-0.1, -0.05) is 0 Å². The van der Waals surface area contributed by atoms with Crippen LogP contribution in [0.2, 0.25) is 0 Å². The second-order valence-corrected chi connectivity index (χ2v) is 5.06. The average Bonchev–Trinajstić information content (AvgIpc) is 2.46. The van der Waals surface area contributed by atoms with Crippen molar-refractivity contribution < 1.29 is 14.3 Å². The molecule has 0 atom stereocenters. The number of nitrogens with one attached hydrogen (secondary N) is 1. The number of ether oxygens (including phenoxy) is 1. The van der Waals surface area contributed by atoms with Crippen molar-refractivity contribution in [2.75, 3.05) is 5.43 Å². The normalized spacial score (nSPS) is 11.1. The third kappa shape index (κ3) is 4.28. The second-order valence-electron chi connectivity index (χ2n) is 4.70. The molecule has 1 amide bonds. The minimum Gasteiger partial charge on any atom is -0.459 e. The highest BCUT2D eigenvalue weighted by atomic mass is 32.1. The highest BCUT2D eigenvalue weighted by Crippen LogP contribution is 2.07. The number of carbonyl (C=O) groups excluding carboxylic acids is 2. The lowest BCUT2D eigenvalue weighted by atomic mass is 10.2. The van der Waals surface area contributed by atoms with Crippen LogP contribution in [0.4, 0.5) is 0 Å². The van der Waals surface area contributed by atoms with E-state index in [9.17, 15) is 9.59 Å². The predicted octanol–water partition coefficient (Wildman–Crippen LogP) is 0.846. The van der Waals surface area contributed by atoms with Crippen LogP contribution in [0, 0.1) is 4.77 Å². The molecular weight excluding hydrogens is 256 g/mol. The number of rotatable bonds is 3. The van der Waals surface area contributed by atoms with Gasteiger partial charge in [0.05, 0.1) is 0 Å². The van der Waals surface area contributed by atoms with Crippen LogP contribution in [0.1, 0.15) is 27.7 Å². The van der Waals surface area contributed by atoms with Crippen molar-refractivity contribution in [3.05, 3.63) is 11.1 Å². The van der Waals surface area contributed by atoms with Gasteiger partial charge in [-0.05, 0) is 33.0 Å². The van der Waals surface area contributed by atoms with Gasteiger partial charge in [-0.25, -0.2) is 9.36 Å². The summed E-state index contributed by atoms with van der Waals surface area (Å²) in [4.78, 5) is 22.5. The molecule has 18 heavy (non-hydrogen) atoms. The first-order valence-electron chi connectivity index (χ1n) is 5.33. The number of nitrogens with zero attached hydrogens (tertiary/aromatic N) is 3. The van der Waals surface area contributed by atoms with Gasteiger partial charge in [0.25, 0.3) is 0 Å². The van der Waals surface area contributed by atoms with E-state index in [-0.39, 0.29) is 17.2 Å². The van der Waals surface area contributed by atoms with Crippen molar-refractivity contribution in [1.82, 2.24) is 14.5 Å². The standard InChI is InChI=1S/C10H16N4O3S/c1-7(15)12-14-6-11-13(9(14)18)5-8(16)17-10(2,3)4/h6H,5H2,1-4H3,(H,12,15). The van der Waals surface area contributed by atoms with Gasteiger partial charge in [-0.15, -0.1) is 0 Å². The lowest BCUT2D eigenvalue weighted by Crippen LogP contribution is -2.27. The summed E-state index contributed by atoms with van der Waals surface area (Å²) in [6, 6.07) is 0. The van der Waals surface area contributed by atoms with E-state index in [1.54, 1.807) is 20.8 Å². The largest absolute Gasteiger partial charge is 0.459 e. The summed E-state index contributed by atoms with van der Waals surface area (Å²) in [5.74, 6) is -0.713. The molecule has 0 saturated carbocycles. The Morgan fingerprint density at radius 1 is 1.50 bits per heavy atom. The Morgan fingerprint density at radius 3 is 2.61 bits per heavy atom. The Morgan fingerprint density at radius 2 is 2.11 bits per heavy atom. The van der Waals surface area contributed by atoms with E-state index in [2.05, 4.69) is 10.5 Å². The predicted molar refractivity (Wildman–Crippen MR) is 66.9 cm³/mol. The van der Waals surface area contributed by atoms with Gasteiger partial charge in [-0.2, -0.15) is 5.10 Å². The molecule has 0 spiro atoms. The molecule has 100 valence electrons. The van der Waals surface area contributed by atoms with Crippen molar-refractivity contribution in [3.63, 3.8) is 0 Å². The number of amides is 1. The van der Waals surface area contributed by atoms with E-state index < -0.39 is 11.6 Å². The van der Waals surface area contributed by atoms with Crippen LogP contribution in [-0.4, -0.2) is 31.9 Å². The van der Waals surface area contributed by atoms with Crippen LogP contribution in [0.5, 0.6) is 0 Å². The van der Waals surface area contributed by atoms with Gasteiger partial charge in [0.2, 0.25) is 10.7 Å². The number of carbonyl (C=O) groups is 2. The fourth-order valence-corrected chi connectivity index (χ4v) is 1.39. The highest BCUT2D eigenvalue weighted by Gasteiger charge is 2.17. The van der Waals surface area contributed by atoms with Crippen LogP contribution >= 0.6 is 12.2 Å². The Hall–Kier alpha value is -1.70. The van der Waals surface area contributed by atoms with E-state index in [0.717, 1.165) is 0 Å². The first kappa shape index (κ1) is 14.4. The molecule has 1 heterocycles. The molecule has 0 aromatic carbocycles. The van der Waals surface area contributed by atoms with Crippen LogP contribution in [0.25, 0.3) is 0 Å². The first-order valence-corrected chi connectivity index (χ1v) is 5.74. The SMILES string of the molecule is CC(=O)Nn1cnn(CC(=O)OC(C)(C)C)c1=S. The fourth-order valence-electron chi connectivity index (χ4n) is 1.19. The van der Waals surface area contributed by atoms with Crippen LogP contribution < -0.4 is 5.43 Å². The van der Waals surface area contributed by atoms with Crippen molar-refractivity contribution in [1.29, 1.82) is 0 Å². The summed E-state index contributed by atoms with van der Waals surface area (Å²) >= 11 is 5.04. The molecule has 0 bridgehead atoms. The number of esters is 1. The molecule has 0 aliphatic rings. The molecule has 1 N–H and O–H groups in total. The van der Waals surface area contributed by atoms with E-state index in [1.807, 2.05) is 0 Å². The third-order valence-electron chi connectivity index (χ3n) is 1.71. The van der Waals surface area contributed by atoms with Gasteiger partial charge in [-0.3, -0.25) is 15.0 Å². The number of hydrogen-bond acceptors (Lipinski definition) is 5. The number of aromatic nitrogens is 3. The first-order chi connectivity index (χ1) is 8.19. The summed E-state index contributed by atoms with van der Waals surface area (Å²) in [5, 5.41) is 3.90. The van der Waals surface area contributed by atoms with Gasteiger partial charge >= 0.3 is 5.97 Å². The lowest BCUT2D eigenvalue weighted by molar-refractivity contribution is -0.155. The molecule has 8 heteroatoms. The zero-order valence-corrected chi connectivity index (χ0v) is 11.6. The van der Waals surface area contributed by atoms with Crippen molar-refractivity contribution >= 4 is 24.1 Å². The molecule has 1 rings (SSSR count). The van der Waals surface area contributed by atoms with Gasteiger partial charge in [0.1, 0.15) is 18.5 Å². The van der Waals surface area contributed by atoms with E-state index in [0.29, 0.717) is 0 Å². The third-order valence-corrected chi connectivity index (χ3v) is 2.12. The molecule has 7 nitrogen and oxygen atoms in total. The Balaban J connectivity index is 2.75. The van der Waals surface area contributed by atoms with Gasteiger partial charge < -0.3 is 4.74 Å². The van der Waals surface area contributed by atoms with Crippen LogP contribution in [0.15, 0.2) is 6.33 Å². The Kier molecular flexibility index (Phi) is 4.23. The van der Waals surface area contributed by atoms with E-state index >= 15 is 0 Å². The monoisotopic (exact) mass is 272 g/mol. The van der Waals surface area contributed by atoms with Crippen molar-refractivity contribution in [3.8, 4) is 0 Å². The molecule has 0 aliphatic heterocycles. The zero-order valence-electron chi connectivity index (χ0n) is 10.8. The lowest BCUT2D eigenvalue weighted by Gasteiger charge is -2.19. The van der Waals surface area contributed by atoms with E-state index in [1.165, 1.54) is 22.6 Å². The molecule has 1 aromatic heterocycles. The topological polar surface area (TPSA) is 78.2 Å². The molecule has 0 radical (unpaired) electrons. The second kappa shape index (κ2) is 5.30.